The van der Waals surface area contributed by atoms with Gasteiger partial charge < -0.3 is 0 Å². The normalized spacial score (nSPS) is 12.0. The largest absolute Gasteiger partial charge is 0.322 e. The highest BCUT2D eigenvalue weighted by Crippen LogP contribution is 2.15. The van der Waals surface area contributed by atoms with Gasteiger partial charge in [-0.3, -0.25) is 4.98 Å². The van der Waals surface area contributed by atoms with Crippen LogP contribution in [-0.4, -0.2) is 13.4 Å². The predicted octanol–water partition coefficient (Wildman–Crippen LogP) is 0.211. The highest BCUT2D eigenvalue weighted by molar-refractivity contribution is 7.84. The molecule has 0 bridgehead atoms. The summed E-state index contributed by atoms with van der Waals surface area (Å²) in [6.45, 7) is 4.07. The van der Waals surface area contributed by atoms with Crippen molar-refractivity contribution in [1.82, 2.24) is 4.98 Å². The minimum Gasteiger partial charge on any atom is -0.264 e. The Morgan fingerprint density at radius 1 is 1.50 bits per heavy atom. The van der Waals surface area contributed by atoms with Crippen LogP contribution in [0.1, 0.15) is 19.4 Å². The van der Waals surface area contributed by atoms with Gasteiger partial charge in [0.2, 0.25) is 0 Å². The number of rotatable bonds is 3. The number of sulfonamides is 1. The lowest BCUT2D eigenvalue weighted by molar-refractivity contribution is -0.165. The number of hydrogen-bond acceptors (Lipinski definition) is 3. The zero-order chi connectivity index (χ0) is 10.8. The van der Waals surface area contributed by atoms with Crippen molar-refractivity contribution >= 4 is 10.0 Å². The van der Waals surface area contributed by atoms with Crippen LogP contribution in [0.3, 0.4) is 0 Å². The molecule has 0 unspecified atom stereocenters. The highest BCUT2D eigenvalue weighted by atomic mass is 32.2. The van der Waals surface area contributed by atoms with E-state index in [0.717, 1.165) is 5.56 Å². The fraction of sp³-hybridized carbons (Fsp3) is 0.444. The fourth-order valence-corrected chi connectivity index (χ4v) is 2.11. The molecule has 0 atom stereocenters. The molecule has 0 aliphatic heterocycles. The molecule has 78 valence electrons. The van der Waals surface area contributed by atoms with E-state index in [4.69, 9.17) is 0 Å². The topological polar surface area (TPSA) is 74.7 Å². The van der Waals surface area contributed by atoms with E-state index in [-0.39, 0.29) is 0 Å². The molecule has 0 radical (unpaired) electrons. The molecule has 0 saturated carbocycles. The molecule has 5 heteroatoms. The van der Waals surface area contributed by atoms with Crippen molar-refractivity contribution in [2.75, 3.05) is 0 Å². The van der Waals surface area contributed by atoms with E-state index < -0.39 is 10.0 Å². The monoisotopic (exact) mass is 215 g/mol. The average Bonchev–Trinajstić information content (AvgIpc) is 2.01. The number of hydrogen-bond donors (Lipinski definition) is 1. The second-order valence-corrected chi connectivity index (χ2v) is 5.37. The zero-order valence-corrected chi connectivity index (χ0v) is 9.21. The summed E-state index contributed by atoms with van der Waals surface area (Å²) < 4.78 is 22.6. The van der Waals surface area contributed by atoms with Crippen LogP contribution in [0, 0.1) is 5.92 Å². The molecule has 0 saturated heterocycles. The molecule has 0 aliphatic carbocycles. The van der Waals surface area contributed by atoms with Gasteiger partial charge in [0.15, 0.2) is 0 Å². The molecule has 1 rings (SSSR count). The van der Waals surface area contributed by atoms with E-state index in [0.29, 0.717) is 17.2 Å². The van der Waals surface area contributed by atoms with Gasteiger partial charge in [0.05, 0.1) is 0 Å². The summed E-state index contributed by atoms with van der Waals surface area (Å²) in [5.74, 6) is 0.402. The lowest BCUT2D eigenvalue weighted by Crippen LogP contribution is -2.56. The predicted molar refractivity (Wildman–Crippen MR) is 52.9 cm³/mol. The summed E-state index contributed by atoms with van der Waals surface area (Å²) in [7, 11) is -3.37. The maximum atomic E-state index is 11.3. The van der Waals surface area contributed by atoms with Crippen LogP contribution in [0.15, 0.2) is 23.4 Å². The van der Waals surface area contributed by atoms with Gasteiger partial charge in [-0.05, 0) is 24.0 Å². The molecule has 1 heterocycles. The van der Waals surface area contributed by atoms with Gasteiger partial charge >= 0.3 is 10.0 Å². The first-order valence-electron chi connectivity index (χ1n) is 4.42. The van der Waals surface area contributed by atoms with E-state index >= 15 is 0 Å². The van der Waals surface area contributed by atoms with Gasteiger partial charge in [0.25, 0.3) is 0 Å². The minimum absolute atomic E-state index is 0.293. The Morgan fingerprint density at radius 2 is 2.14 bits per heavy atom. The molecule has 1 aromatic rings. The lowest BCUT2D eigenvalue weighted by Gasteiger charge is -2.07. The summed E-state index contributed by atoms with van der Waals surface area (Å²) in [5, 5.41) is 3.15. The van der Waals surface area contributed by atoms with Crippen LogP contribution in [0.25, 0.3) is 0 Å². The average molecular weight is 215 g/mol. The highest BCUT2D eigenvalue weighted by Gasteiger charge is 2.17. The summed E-state index contributed by atoms with van der Waals surface area (Å²) in [4.78, 5) is 4.21. The Bertz CT molecular complexity index is 413. The first-order chi connectivity index (χ1) is 6.41. The van der Waals surface area contributed by atoms with Crippen molar-refractivity contribution in [2.24, 2.45) is 5.92 Å². The summed E-state index contributed by atoms with van der Waals surface area (Å²) >= 11 is 0. The van der Waals surface area contributed by atoms with E-state index in [1.54, 1.807) is 6.20 Å². The van der Waals surface area contributed by atoms with Gasteiger partial charge in [-0.15, -0.1) is 0 Å². The molecular formula is C9H15N2O2S+. The number of pyridine rings is 1. The van der Waals surface area contributed by atoms with Crippen molar-refractivity contribution in [3.05, 3.63) is 24.0 Å². The van der Waals surface area contributed by atoms with Crippen molar-refractivity contribution < 1.29 is 13.6 Å². The third-order valence-corrected chi connectivity index (χ3v) is 2.89. The summed E-state index contributed by atoms with van der Waals surface area (Å²) in [5.41, 5.74) is 0.748. The third kappa shape index (κ3) is 2.78. The molecule has 1 aromatic heterocycles. The lowest BCUT2D eigenvalue weighted by atomic mass is 10.1. The molecule has 0 fully saturated rings. The SMILES string of the molecule is CC(C)Cc1cnccc1S([NH3+])(=O)=O. The van der Waals surface area contributed by atoms with Gasteiger partial charge in [-0.25, -0.2) is 5.14 Å². The van der Waals surface area contributed by atoms with Crippen LogP contribution in [0.2, 0.25) is 0 Å². The first-order valence-corrected chi connectivity index (χ1v) is 6.07. The van der Waals surface area contributed by atoms with E-state index in [2.05, 4.69) is 10.1 Å². The molecular weight excluding hydrogens is 200 g/mol. The van der Waals surface area contributed by atoms with Crippen LogP contribution in [-0.2, 0) is 16.4 Å². The van der Waals surface area contributed by atoms with Gasteiger partial charge in [-0.1, -0.05) is 13.8 Å². The Kier molecular flexibility index (Phi) is 3.23. The van der Waals surface area contributed by atoms with Crippen LogP contribution in [0.5, 0.6) is 0 Å². The Hall–Kier alpha value is -0.940. The zero-order valence-electron chi connectivity index (χ0n) is 8.40. The molecule has 0 spiro atoms. The molecule has 0 amide bonds. The van der Waals surface area contributed by atoms with Gasteiger partial charge in [-0.2, -0.15) is 8.42 Å². The van der Waals surface area contributed by atoms with E-state index in [9.17, 15) is 8.42 Å². The van der Waals surface area contributed by atoms with Crippen molar-refractivity contribution in [3.8, 4) is 0 Å². The standard InChI is InChI=1S/C9H14N2O2S/c1-7(2)5-8-6-11-4-3-9(8)14(10,12)13/h3-4,6-7H,5H2,1-2H3,(H2,10,12,13)/p+1. The maximum Gasteiger partial charge on any atom is 0.322 e. The Labute approximate surface area is 84.2 Å². The minimum atomic E-state index is -3.37. The van der Waals surface area contributed by atoms with E-state index in [1.807, 2.05) is 13.8 Å². The first kappa shape index (κ1) is 11.1. The van der Waals surface area contributed by atoms with Crippen molar-refractivity contribution in [1.29, 1.82) is 0 Å². The summed E-state index contributed by atoms with van der Waals surface area (Å²) in [6, 6.07) is 1.50. The second kappa shape index (κ2) is 4.06. The van der Waals surface area contributed by atoms with Crippen molar-refractivity contribution in [3.63, 3.8) is 0 Å². The van der Waals surface area contributed by atoms with Crippen LogP contribution < -0.4 is 5.14 Å². The summed E-state index contributed by atoms with van der Waals surface area (Å²) in [6.07, 6.45) is 3.78. The quantitative estimate of drug-likeness (QED) is 0.783. The Morgan fingerprint density at radius 3 is 2.64 bits per heavy atom. The molecule has 0 aromatic carbocycles. The van der Waals surface area contributed by atoms with E-state index in [1.165, 1.54) is 12.3 Å². The molecule has 3 N–H and O–H groups in total. The Balaban J connectivity index is 3.17. The molecule has 0 aliphatic rings. The number of aromatic nitrogens is 1. The molecule has 14 heavy (non-hydrogen) atoms. The van der Waals surface area contributed by atoms with Crippen LogP contribution >= 0.6 is 0 Å². The third-order valence-electron chi connectivity index (χ3n) is 1.82. The fourth-order valence-electron chi connectivity index (χ4n) is 1.31. The number of nitrogens with zero attached hydrogens (tertiary/aromatic N) is 1. The van der Waals surface area contributed by atoms with Gasteiger partial charge in [0.1, 0.15) is 4.90 Å². The smallest absolute Gasteiger partial charge is 0.264 e. The maximum absolute atomic E-state index is 11.3. The van der Waals surface area contributed by atoms with Crippen LogP contribution in [0.4, 0.5) is 0 Å². The van der Waals surface area contributed by atoms with Crippen molar-refractivity contribution in [2.45, 2.75) is 25.2 Å². The second-order valence-electron chi connectivity index (χ2n) is 3.70. The number of quaternary nitrogens is 1. The van der Waals surface area contributed by atoms with Gasteiger partial charge in [0, 0.05) is 12.4 Å². The molecule has 4 nitrogen and oxygen atoms in total.